The Morgan fingerprint density at radius 2 is 1.81 bits per heavy atom. The van der Waals surface area contributed by atoms with Gasteiger partial charge in [0.05, 0.1) is 10.8 Å². The highest BCUT2D eigenvalue weighted by atomic mass is 35.5. The van der Waals surface area contributed by atoms with Crippen LogP contribution in [-0.4, -0.2) is 38.4 Å². The van der Waals surface area contributed by atoms with Gasteiger partial charge in [0.15, 0.2) is 27.1 Å². The molecule has 1 atom stereocenters. The fourth-order valence-corrected chi connectivity index (χ4v) is 4.79. The third kappa shape index (κ3) is 2.74. The van der Waals surface area contributed by atoms with Gasteiger partial charge in [-0.3, -0.25) is 4.79 Å². The minimum atomic E-state index is -3.39. The molecular weight excluding hydrogens is 316 g/mol. The van der Waals surface area contributed by atoms with Gasteiger partial charge in [0, 0.05) is 11.6 Å². The lowest BCUT2D eigenvalue weighted by Crippen LogP contribution is -2.35. The maximum atomic E-state index is 12.6. The van der Waals surface area contributed by atoms with E-state index in [4.69, 9.17) is 21.1 Å². The van der Waals surface area contributed by atoms with Crippen molar-refractivity contribution in [3.8, 4) is 11.5 Å². The van der Waals surface area contributed by atoms with E-state index < -0.39 is 20.9 Å². The van der Waals surface area contributed by atoms with Gasteiger partial charge in [0.25, 0.3) is 0 Å². The summed E-state index contributed by atoms with van der Waals surface area (Å²) in [5, 5.41) is -0.795. The van der Waals surface area contributed by atoms with E-state index >= 15 is 0 Å². The number of carbonyl (C=O) groups excluding carboxylic acids is 1. The van der Waals surface area contributed by atoms with Crippen LogP contribution in [0.15, 0.2) is 12.1 Å². The number of ketones is 1. The number of hydrogen-bond donors (Lipinski definition) is 0. The van der Waals surface area contributed by atoms with Crippen LogP contribution in [0.5, 0.6) is 11.5 Å². The third-order valence-corrected chi connectivity index (χ3v) is 6.26. The van der Waals surface area contributed by atoms with Crippen LogP contribution >= 0.6 is 11.6 Å². The first-order valence-corrected chi connectivity index (χ1v) is 8.93. The zero-order valence-corrected chi connectivity index (χ0v) is 12.9. The summed E-state index contributed by atoms with van der Waals surface area (Å²) in [4.78, 5) is 12.6. The van der Waals surface area contributed by atoms with Gasteiger partial charge in [-0.25, -0.2) is 8.42 Å². The summed E-state index contributed by atoms with van der Waals surface area (Å²) in [6, 6.07) is 3.00. The lowest BCUT2D eigenvalue weighted by atomic mass is 10.0. The van der Waals surface area contributed by atoms with Crippen LogP contribution in [0.1, 0.15) is 29.6 Å². The molecule has 114 valence electrons. The van der Waals surface area contributed by atoms with Gasteiger partial charge in [0.1, 0.15) is 18.5 Å². The quantitative estimate of drug-likeness (QED) is 0.778. The Labute approximate surface area is 128 Å². The van der Waals surface area contributed by atoms with Gasteiger partial charge in [0.2, 0.25) is 0 Å². The van der Waals surface area contributed by atoms with Crippen molar-refractivity contribution in [3.05, 3.63) is 22.7 Å². The number of carbonyl (C=O) groups is 1. The lowest BCUT2D eigenvalue weighted by Gasteiger charge is -2.23. The molecule has 0 amide bonds. The van der Waals surface area contributed by atoms with Crippen LogP contribution in [0.4, 0.5) is 0 Å². The molecule has 1 aromatic rings. The van der Waals surface area contributed by atoms with Crippen molar-refractivity contribution in [2.24, 2.45) is 0 Å². The standard InChI is InChI=1S/C14H15ClO5S/c15-10-8-12-11(19-4-5-20-12)7-9(10)14(16)13-3-1-2-6-21(13,17)18/h7-8,13H,1-6H2. The molecule has 7 heteroatoms. The zero-order chi connectivity index (χ0) is 15.0. The van der Waals surface area contributed by atoms with E-state index in [2.05, 4.69) is 0 Å². The number of rotatable bonds is 2. The van der Waals surface area contributed by atoms with Crippen LogP contribution in [0.25, 0.3) is 0 Å². The Balaban J connectivity index is 1.98. The Morgan fingerprint density at radius 3 is 2.48 bits per heavy atom. The molecule has 1 fully saturated rings. The minimum absolute atomic E-state index is 0.0611. The number of halogens is 1. The highest BCUT2D eigenvalue weighted by Gasteiger charge is 2.36. The fraction of sp³-hybridized carbons (Fsp3) is 0.500. The first-order valence-electron chi connectivity index (χ1n) is 6.84. The van der Waals surface area contributed by atoms with E-state index in [1.165, 1.54) is 12.1 Å². The van der Waals surface area contributed by atoms with Gasteiger partial charge in [-0.05, 0) is 18.9 Å². The third-order valence-electron chi connectivity index (χ3n) is 3.77. The average Bonchev–Trinajstić information content (AvgIpc) is 2.45. The summed E-state index contributed by atoms with van der Waals surface area (Å²) >= 11 is 6.12. The summed E-state index contributed by atoms with van der Waals surface area (Å²) in [5.74, 6) is 0.527. The normalized spacial score (nSPS) is 23.6. The second kappa shape index (κ2) is 5.50. The van der Waals surface area contributed by atoms with Gasteiger partial charge >= 0.3 is 0 Å². The predicted octanol–water partition coefficient (Wildman–Crippen LogP) is 2.26. The summed E-state index contributed by atoms with van der Waals surface area (Å²) < 4.78 is 35.0. The summed E-state index contributed by atoms with van der Waals surface area (Å²) in [7, 11) is -3.39. The first-order chi connectivity index (χ1) is 9.99. The predicted molar refractivity (Wildman–Crippen MR) is 78.2 cm³/mol. The summed E-state index contributed by atoms with van der Waals surface area (Å²) in [5.41, 5.74) is 0.191. The highest BCUT2D eigenvalue weighted by molar-refractivity contribution is 7.92. The van der Waals surface area contributed by atoms with Gasteiger partial charge in [-0.15, -0.1) is 0 Å². The van der Waals surface area contributed by atoms with Crippen LogP contribution in [-0.2, 0) is 9.84 Å². The van der Waals surface area contributed by atoms with E-state index in [1.54, 1.807) is 0 Å². The van der Waals surface area contributed by atoms with Crippen molar-refractivity contribution in [3.63, 3.8) is 0 Å². The maximum absolute atomic E-state index is 12.6. The SMILES string of the molecule is O=C(c1cc2c(cc1Cl)OCCO2)C1CCCCS1(=O)=O. The largest absolute Gasteiger partial charge is 0.486 e. The van der Waals surface area contributed by atoms with Crippen molar-refractivity contribution in [2.75, 3.05) is 19.0 Å². The second-order valence-corrected chi connectivity index (χ2v) is 7.90. The molecule has 0 N–H and O–H groups in total. The lowest BCUT2D eigenvalue weighted by molar-refractivity contribution is 0.0980. The molecule has 21 heavy (non-hydrogen) atoms. The van der Waals surface area contributed by atoms with Crippen LogP contribution in [0.2, 0.25) is 5.02 Å². The molecule has 0 aromatic heterocycles. The average molecular weight is 331 g/mol. The number of sulfone groups is 1. The Kier molecular flexibility index (Phi) is 3.84. The molecule has 2 aliphatic rings. The first kappa shape index (κ1) is 14.7. The van der Waals surface area contributed by atoms with Gasteiger partial charge in [-0.2, -0.15) is 0 Å². The van der Waals surface area contributed by atoms with Crippen molar-refractivity contribution >= 4 is 27.2 Å². The van der Waals surface area contributed by atoms with Crippen molar-refractivity contribution < 1.29 is 22.7 Å². The van der Waals surface area contributed by atoms with E-state index in [0.29, 0.717) is 37.6 Å². The summed E-state index contributed by atoms with van der Waals surface area (Å²) in [6.45, 7) is 0.817. The molecule has 3 rings (SSSR count). The molecular formula is C14H15ClO5S. The van der Waals surface area contributed by atoms with E-state index in [9.17, 15) is 13.2 Å². The molecule has 1 aromatic carbocycles. The smallest absolute Gasteiger partial charge is 0.182 e. The molecule has 5 nitrogen and oxygen atoms in total. The molecule has 2 heterocycles. The number of hydrogen-bond acceptors (Lipinski definition) is 5. The number of Topliss-reactive ketones (excluding diaryl/α,β-unsaturated/α-hetero) is 1. The molecule has 1 unspecified atom stereocenters. The molecule has 0 bridgehead atoms. The van der Waals surface area contributed by atoms with Crippen LogP contribution < -0.4 is 9.47 Å². The highest BCUT2D eigenvalue weighted by Crippen LogP contribution is 2.37. The van der Waals surface area contributed by atoms with Gasteiger partial charge < -0.3 is 9.47 Å². The van der Waals surface area contributed by atoms with Crippen LogP contribution in [0.3, 0.4) is 0 Å². The number of benzene rings is 1. The Morgan fingerprint density at radius 1 is 1.14 bits per heavy atom. The molecule has 0 spiro atoms. The maximum Gasteiger partial charge on any atom is 0.182 e. The zero-order valence-electron chi connectivity index (χ0n) is 11.3. The Bertz CT molecular complexity index is 683. The van der Waals surface area contributed by atoms with Crippen molar-refractivity contribution in [1.29, 1.82) is 0 Å². The van der Waals surface area contributed by atoms with Gasteiger partial charge in [-0.1, -0.05) is 18.0 Å². The minimum Gasteiger partial charge on any atom is -0.486 e. The molecule has 0 radical (unpaired) electrons. The topological polar surface area (TPSA) is 69.7 Å². The fourth-order valence-electron chi connectivity index (χ4n) is 2.68. The molecule has 0 aliphatic carbocycles. The Hall–Kier alpha value is -1.27. The molecule has 0 saturated carbocycles. The van der Waals surface area contributed by atoms with Crippen LogP contribution in [0, 0.1) is 0 Å². The number of fused-ring (bicyclic) bond motifs is 1. The molecule has 1 saturated heterocycles. The molecule has 2 aliphatic heterocycles. The van der Waals surface area contributed by atoms with E-state index in [0.717, 1.165) is 6.42 Å². The van der Waals surface area contributed by atoms with E-state index in [1.807, 2.05) is 0 Å². The second-order valence-electron chi connectivity index (χ2n) is 5.19. The van der Waals surface area contributed by atoms with Crippen molar-refractivity contribution in [1.82, 2.24) is 0 Å². The summed E-state index contributed by atoms with van der Waals surface area (Å²) in [6.07, 6.45) is 1.70. The van der Waals surface area contributed by atoms with Crippen molar-refractivity contribution in [2.45, 2.75) is 24.5 Å². The monoisotopic (exact) mass is 330 g/mol. The van der Waals surface area contributed by atoms with E-state index in [-0.39, 0.29) is 16.3 Å². The number of ether oxygens (including phenoxy) is 2.